The molecule has 1 saturated heterocycles. The van der Waals surface area contributed by atoms with Crippen LogP contribution in [0.15, 0.2) is 30.3 Å². The molecule has 2 aromatic rings. The third-order valence-electron chi connectivity index (χ3n) is 6.24. The molecule has 5 rings (SSSR count). The van der Waals surface area contributed by atoms with Crippen molar-refractivity contribution >= 4 is 5.91 Å². The molecule has 27 heavy (non-hydrogen) atoms. The van der Waals surface area contributed by atoms with E-state index in [4.69, 9.17) is 14.7 Å². The number of hydrogen-bond donors (Lipinski definition) is 0. The summed E-state index contributed by atoms with van der Waals surface area (Å²) in [6.45, 7) is 4.76. The Labute approximate surface area is 159 Å². The van der Waals surface area contributed by atoms with Gasteiger partial charge in [-0.3, -0.25) is 4.79 Å². The van der Waals surface area contributed by atoms with Crippen LogP contribution in [0, 0.1) is 12.8 Å². The SMILES string of the molecule is Cc1nc(-c2ccccc2)nc2c1COC[C@]21CCN(C(=O)CC2CC2)C1. The van der Waals surface area contributed by atoms with Crippen molar-refractivity contribution in [3.63, 3.8) is 0 Å². The molecule has 3 aliphatic rings. The fourth-order valence-corrected chi connectivity index (χ4v) is 4.44. The second-order valence-corrected chi connectivity index (χ2v) is 8.31. The molecule has 1 saturated carbocycles. The smallest absolute Gasteiger partial charge is 0.222 e. The van der Waals surface area contributed by atoms with Crippen molar-refractivity contribution in [2.75, 3.05) is 19.7 Å². The first-order valence-electron chi connectivity index (χ1n) is 9.94. The molecule has 0 bridgehead atoms. The van der Waals surface area contributed by atoms with E-state index in [0.717, 1.165) is 47.8 Å². The van der Waals surface area contributed by atoms with Crippen molar-refractivity contribution < 1.29 is 9.53 Å². The largest absolute Gasteiger partial charge is 0.376 e. The van der Waals surface area contributed by atoms with E-state index < -0.39 is 0 Å². The average molecular weight is 363 g/mol. The van der Waals surface area contributed by atoms with Gasteiger partial charge in [-0.2, -0.15) is 0 Å². The Morgan fingerprint density at radius 1 is 1.26 bits per heavy atom. The molecule has 1 amide bonds. The van der Waals surface area contributed by atoms with E-state index in [2.05, 4.69) is 0 Å². The number of aryl methyl sites for hydroxylation is 1. The number of aromatic nitrogens is 2. The number of hydrogen-bond acceptors (Lipinski definition) is 4. The number of fused-ring (bicyclic) bond motifs is 2. The number of nitrogens with zero attached hydrogens (tertiary/aromatic N) is 3. The minimum Gasteiger partial charge on any atom is -0.376 e. The number of carbonyl (C=O) groups excluding carboxylic acids is 1. The third-order valence-corrected chi connectivity index (χ3v) is 6.24. The quantitative estimate of drug-likeness (QED) is 0.840. The Morgan fingerprint density at radius 3 is 2.85 bits per heavy atom. The van der Waals surface area contributed by atoms with Crippen LogP contribution in [0.5, 0.6) is 0 Å². The summed E-state index contributed by atoms with van der Waals surface area (Å²) in [6.07, 6.45) is 4.05. The van der Waals surface area contributed by atoms with Crippen LogP contribution in [0.4, 0.5) is 0 Å². The molecule has 0 unspecified atom stereocenters. The summed E-state index contributed by atoms with van der Waals surface area (Å²) < 4.78 is 5.96. The molecule has 3 heterocycles. The van der Waals surface area contributed by atoms with E-state index in [-0.39, 0.29) is 5.41 Å². The maximum Gasteiger partial charge on any atom is 0.222 e. The first-order chi connectivity index (χ1) is 13.1. The van der Waals surface area contributed by atoms with Gasteiger partial charge in [0.2, 0.25) is 5.91 Å². The fraction of sp³-hybridized carbons (Fsp3) is 0.500. The Kier molecular flexibility index (Phi) is 4.01. The van der Waals surface area contributed by atoms with E-state index in [1.165, 1.54) is 12.8 Å². The number of rotatable bonds is 3. The van der Waals surface area contributed by atoms with Crippen molar-refractivity contribution in [1.29, 1.82) is 0 Å². The van der Waals surface area contributed by atoms with Crippen LogP contribution in [-0.2, 0) is 21.6 Å². The lowest BCUT2D eigenvalue weighted by molar-refractivity contribution is -0.130. The highest BCUT2D eigenvalue weighted by Gasteiger charge is 2.47. The Balaban J connectivity index is 1.50. The minimum absolute atomic E-state index is 0.190. The Bertz CT molecular complexity index is 879. The van der Waals surface area contributed by atoms with Gasteiger partial charge in [-0.05, 0) is 32.1 Å². The lowest BCUT2D eigenvalue weighted by Crippen LogP contribution is -2.42. The summed E-state index contributed by atoms with van der Waals surface area (Å²) >= 11 is 0. The monoisotopic (exact) mass is 363 g/mol. The van der Waals surface area contributed by atoms with E-state index in [1.54, 1.807) is 0 Å². The van der Waals surface area contributed by atoms with Crippen LogP contribution < -0.4 is 0 Å². The summed E-state index contributed by atoms with van der Waals surface area (Å²) in [5, 5.41) is 0. The predicted molar refractivity (Wildman–Crippen MR) is 102 cm³/mol. The summed E-state index contributed by atoms with van der Waals surface area (Å²) in [7, 11) is 0. The van der Waals surface area contributed by atoms with Crippen LogP contribution in [0.2, 0.25) is 0 Å². The van der Waals surface area contributed by atoms with Crippen LogP contribution in [0.3, 0.4) is 0 Å². The number of amides is 1. The number of ether oxygens (including phenoxy) is 1. The van der Waals surface area contributed by atoms with Crippen molar-refractivity contribution in [2.45, 2.75) is 44.6 Å². The predicted octanol–water partition coefficient (Wildman–Crippen LogP) is 3.25. The van der Waals surface area contributed by atoms with Gasteiger partial charge in [0, 0.05) is 36.3 Å². The van der Waals surface area contributed by atoms with Crippen molar-refractivity contribution in [2.24, 2.45) is 5.92 Å². The molecule has 2 aliphatic heterocycles. The van der Waals surface area contributed by atoms with Gasteiger partial charge >= 0.3 is 0 Å². The number of carbonyl (C=O) groups is 1. The van der Waals surface area contributed by atoms with Crippen molar-refractivity contribution in [1.82, 2.24) is 14.9 Å². The highest BCUT2D eigenvalue weighted by atomic mass is 16.5. The van der Waals surface area contributed by atoms with E-state index in [9.17, 15) is 4.79 Å². The molecule has 1 spiro atoms. The lowest BCUT2D eigenvalue weighted by Gasteiger charge is -2.35. The van der Waals surface area contributed by atoms with Gasteiger partial charge in [-0.25, -0.2) is 9.97 Å². The molecule has 2 fully saturated rings. The second kappa shape index (κ2) is 6.41. The molecule has 140 valence electrons. The van der Waals surface area contributed by atoms with Gasteiger partial charge in [-0.1, -0.05) is 30.3 Å². The summed E-state index contributed by atoms with van der Waals surface area (Å²) in [5.41, 5.74) is 4.04. The van der Waals surface area contributed by atoms with Gasteiger partial charge in [0.1, 0.15) is 0 Å². The van der Waals surface area contributed by atoms with Gasteiger partial charge in [0.25, 0.3) is 0 Å². The molecule has 1 aromatic carbocycles. The maximum atomic E-state index is 12.6. The first kappa shape index (κ1) is 16.9. The van der Waals surface area contributed by atoms with Gasteiger partial charge in [0.15, 0.2) is 5.82 Å². The minimum atomic E-state index is -0.190. The van der Waals surface area contributed by atoms with Crippen LogP contribution in [-0.4, -0.2) is 40.5 Å². The van der Waals surface area contributed by atoms with E-state index in [0.29, 0.717) is 31.5 Å². The van der Waals surface area contributed by atoms with Crippen LogP contribution in [0.25, 0.3) is 11.4 Å². The standard InChI is InChI=1S/C22H25N3O2/c1-15-18-12-27-14-22(9-10-25(13-22)19(26)11-16-7-8-16)20(18)24-21(23-15)17-5-3-2-4-6-17/h2-6,16H,7-14H2,1H3/t22-/m1/s1. The highest BCUT2D eigenvalue weighted by molar-refractivity contribution is 5.77. The van der Waals surface area contributed by atoms with Crippen LogP contribution >= 0.6 is 0 Å². The van der Waals surface area contributed by atoms with Crippen LogP contribution in [0.1, 0.15) is 42.6 Å². The lowest BCUT2D eigenvalue weighted by atomic mass is 9.80. The molecule has 0 radical (unpaired) electrons. The summed E-state index contributed by atoms with van der Waals surface area (Å²) in [6, 6.07) is 10.1. The zero-order chi connectivity index (χ0) is 18.4. The summed E-state index contributed by atoms with van der Waals surface area (Å²) in [4.78, 5) is 24.4. The molecule has 5 heteroatoms. The second-order valence-electron chi connectivity index (χ2n) is 8.31. The Morgan fingerprint density at radius 2 is 2.07 bits per heavy atom. The van der Waals surface area contributed by atoms with E-state index >= 15 is 0 Å². The van der Waals surface area contributed by atoms with E-state index in [1.807, 2.05) is 42.2 Å². The normalized spacial score (nSPS) is 24.3. The molecule has 1 aliphatic carbocycles. The number of likely N-dealkylation sites (tertiary alicyclic amines) is 1. The highest BCUT2D eigenvalue weighted by Crippen LogP contribution is 2.41. The maximum absolute atomic E-state index is 12.6. The van der Waals surface area contributed by atoms with Crippen molar-refractivity contribution in [3.8, 4) is 11.4 Å². The first-order valence-corrected chi connectivity index (χ1v) is 9.94. The zero-order valence-electron chi connectivity index (χ0n) is 15.8. The fourth-order valence-electron chi connectivity index (χ4n) is 4.44. The zero-order valence-corrected chi connectivity index (χ0v) is 15.8. The van der Waals surface area contributed by atoms with Gasteiger partial charge in [0.05, 0.1) is 24.3 Å². The third kappa shape index (κ3) is 3.04. The molecule has 1 atom stereocenters. The number of benzene rings is 1. The molecule has 0 N–H and O–H groups in total. The molecular weight excluding hydrogens is 338 g/mol. The van der Waals surface area contributed by atoms with Gasteiger partial charge in [-0.15, -0.1) is 0 Å². The average Bonchev–Trinajstić information content (AvgIpc) is 3.40. The molecular formula is C22H25N3O2. The Hall–Kier alpha value is -2.27. The van der Waals surface area contributed by atoms with Gasteiger partial charge < -0.3 is 9.64 Å². The summed E-state index contributed by atoms with van der Waals surface area (Å²) in [5.74, 6) is 1.70. The molecule has 5 nitrogen and oxygen atoms in total. The van der Waals surface area contributed by atoms with Crippen molar-refractivity contribution in [3.05, 3.63) is 47.3 Å². The molecule has 1 aromatic heterocycles. The topological polar surface area (TPSA) is 55.3 Å².